The van der Waals surface area contributed by atoms with Crippen molar-refractivity contribution in [1.29, 1.82) is 0 Å². The molecule has 1 atom stereocenters. The van der Waals surface area contributed by atoms with Crippen molar-refractivity contribution in [3.05, 3.63) is 11.8 Å². The highest BCUT2D eigenvalue weighted by atomic mass is 16.5. The van der Waals surface area contributed by atoms with Crippen LogP contribution in [0, 0.1) is 0 Å². The molecular formula is C12H15N3O5. The highest BCUT2D eigenvalue weighted by molar-refractivity contribution is 5.93. The molecule has 1 saturated carbocycles. The first kappa shape index (κ1) is 13.0. The van der Waals surface area contributed by atoms with Gasteiger partial charge in [0, 0.05) is 12.5 Å². The maximum absolute atomic E-state index is 12.4. The molecule has 8 nitrogen and oxygen atoms in total. The fourth-order valence-corrected chi connectivity index (χ4v) is 2.12. The van der Waals surface area contributed by atoms with E-state index < -0.39 is 17.9 Å². The van der Waals surface area contributed by atoms with E-state index in [1.54, 1.807) is 0 Å². The van der Waals surface area contributed by atoms with Crippen molar-refractivity contribution < 1.29 is 23.5 Å². The smallest absolute Gasteiger partial charge is 0.331 e. The van der Waals surface area contributed by atoms with Gasteiger partial charge in [-0.3, -0.25) is 4.79 Å². The van der Waals surface area contributed by atoms with Crippen molar-refractivity contribution in [2.75, 3.05) is 26.9 Å². The van der Waals surface area contributed by atoms with Gasteiger partial charge in [0.2, 0.25) is 5.89 Å². The van der Waals surface area contributed by atoms with Gasteiger partial charge in [-0.1, -0.05) is 0 Å². The average Bonchev–Trinajstić information content (AvgIpc) is 3.23. The van der Waals surface area contributed by atoms with Gasteiger partial charge >= 0.3 is 17.8 Å². The second-order valence-corrected chi connectivity index (χ2v) is 4.83. The molecular weight excluding hydrogens is 266 g/mol. The second-order valence-electron chi connectivity index (χ2n) is 4.83. The lowest BCUT2D eigenvalue weighted by Gasteiger charge is -2.32. The van der Waals surface area contributed by atoms with Crippen molar-refractivity contribution in [1.82, 2.24) is 15.1 Å². The predicted octanol–water partition coefficient (Wildman–Crippen LogP) is -0.0390. The van der Waals surface area contributed by atoms with E-state index >= 15 is 0 Å². The van der Waals surface area contributed by atoms with Crippen LogP contribution >= 0.6 is 0 Å². The highest BCUT2D eigenvalue weighted by Crippen LogP contribution is 2.39. The summed E-state index contributed by atoms with van der Waals surface area (Å²) in [5.41, 5.74) is 0. The molecule has 8 heteroatoms. The lowest BCUT2D eigenvalue weighted by molar-refractivity contribution is -0.151. The summed E-state index contributed by atoms with van der Waals surface area (Å²) in [5.74, 6) is -0.271. The van der Waals surface area contributed by atoms with Gasteiger partial charge in [-0.05, 0) is 12.8 Å². The summed E-state index contributed by atoms with van der Waals surface area (Å²) in [6.07, 6.45) is 2.02. The molecule has 0 bridgehead atoms. The van der Waals surface area contributed by atoms with E-state index in [0.717, 1.165) is 12.8 Å². The van der Waals surface area contributed by atoms with E-state index in [1.807, 2.05) is 0 Å². The summed E-state index contributed by atoms with van der Waals surface area (Å²) < 4.78 is 15.3. The first-order chi connectivity index (χ1) is 9.70. The Morgan fingerprint density at radius 1 is 1.35 bits per heavy atom. The van der Waals surface area contributed by atoms with Crippen LogP contribution < -0.4 is 0 Å². The van der Waals surface area contributed by atoms with Crippen molar-refractivity contribution >= 4 is 11.9 Å². The standard InChI is InChI=1S/C12H15N3O5/c1-18-12(17)8-6-19-5-4-15(8)11(16)10-14-13-9(20-10)7-2-3-7/h7-8H,2-6H2,1H3. The van der Waals surface area contributed by atoms with Crippen molar-refractivity contribution in [2.45, 2.75) is 24.8 Å². The van der Waals surface area contributed by atoms with E-state index in [1.165, 1.54) is 12.0 Å². The van der Waals surface area contributed by atoms with Crippen molar-refractivity contribution in [2.24, 2.45) is 0 Å². The lowest BCUT2D eigenvalue weighted by Crippen LogP contribution is -2.53. The van der Waals surface area contributed by atoms with Crippen LogP contribution in [-0.2, 0) is 14.3 Å². The Morgan fingerprint density at radius 2 is 2.15 bits per heavy atom. The summed E-state index contributed by atoms with van der Waals surface area (Å²) in [7, 11) is 1.28. The number of methoxy groups -OCH3 is 1. The minimum atomic E-state index is -0.766. The molecule has 2 aliphatic rings. The number of hydrogen-bond acceptors (Lipinski definition) is 7. The molecule has 1 unspecified atom stereocenters. The maximum Gasteiger partial charge on any atom is 0.331 e. The molecule has 20 heavy (non-hydrogen) atoms. The van der Waals surface area contributed by atoms with Gasteiger partial charge in [-0.25, -0.2) is 4.79 Å². The molecule has 3 rings (SSSR count). The van der Waals surface area contributed by atoms with Gasteiger partial charge in [-0.2, -0.15) is 0 Å². The third-order valence-corrected chi connectivity index (χ3v) is 3.41. The molecule has 2 heterocycles. The summed E-state index contributed by atoms with van der Waals surface area (Å²) in [5, 5.41) is 7.64. The zero-order chi connectivity index (χ0) is 14.1. The number of esters is 1. The summed E-state index contributed by atoms with van der Waals surface area (Å²) in [6, 6.07) is -0.766. The molecule has 2 fully saturated rings. The molecule has 1 aliphatic carbocycles. The van der Waals surface area contributed by atoms with Gasteiger partial charge < -0.3 is 18.8 Å². The molecule has 1 amide bonds. The van der Waals surface area contributed by atoms with Crippen LogP contribution in [0.4, 0.5) is 0 Å². The second kappa shape index (κ2) is 5.20. The van der Waals surface area contributed by atoms with Crippen LogP contribution in [0.2, 0.25) is 0 Å². The summed E-state index contributed by atoms with van der Waals surface area (Å²) in [4.78, 5) is 25.4. The number of aromatic nitrogens is 2. The van der Waals surface area contributed by atoms with Crippen molar-refractivity contribution in [3.8, 4) is 0 Å². The normalized spacial score (nSPS) is 22.6. The Balaban J connectivity index is 1.77. The first-order valence-electron chi connectivity index (χ1n) is 6.50. The van der Waals surface area contributed by atoms with E-state index in [9.17, 15) is 9.59 Å². The number of amides is 1. The largest absolute Gasteiger partial charge is 0.467 e. The van der Waals surface area contributed by atoms with E-state index in [-0.39, 0.29) is 18.4 Å². The maximum atomic E-state index is 12.4. The zero-order valence-electron chi connectivity index (χ0n) is 11.1. The van der Waals surface area contributed by atoms with Gasteiger partial charge in [0.1, 0.15) is 0 Å². The molecule has 1 saturated heterocycles. The Kier molecular flexibility index (Phi) is 3.39. The van der Waals surface area contributed by atoms with Crippen LogP contribution in [0.15, 0.2) is 4.42 Å². The summed E-state index contributed by atoms with van der Waals surface area (Å²) >= 11 is 0. The fraction of sp³-hybridized carbons (Fsp3) is 0.667. The Morgan fingerprint density at radius 3 is 2.85 bits per heavy atom. The minimum Gasteiger partial charge on any atom is -0.467 e. The first-order valence-corrected chi connectivity index (χ1v) is 6.50. The SMILES string of the molecule is COC(=O)C1COCCN1C(=O)c1nnc(C2CC2)o1. The van der Waals surface area contributed by atoms with Gasteiger partial charge in [0.25, 0.3) is 0 Å². The molecule has 0 radical (unpaired) electrons. The third kappa shape index (κ3) is 2.38. The van der Waals surface area contributed by atoms with Gasteiger partial charge in [0.15, 0.2) is 6.04 Å². The number of carbonyl (C=O) groups is 2. The monoisotopic (exact) mass is 281 g/mol. The number of ether oxygens (including phenoxy) is 2. The molecule has 0 N–H and O–H groups in total. The summed E-state index contributed by atoms with van der Waals surface area (Å²) in [6.45, 7) is 0.768. The highest BCUT2D eigenvalue weighted by Gasteiger charge is 2.37. The van der Waals surface area contributed by atoms with Crippen molar-refractivity contribution in [3.63, 3.8) is 0 Å². The topological polar surface area (TPSA) is 94.8 Å². The van der Waals surface area contributed by atoms with Gasteiger partial charge in [0.05, 0.1) is 20.3 Å². The quantitative estimate of drug-likeness (QED) is 0.717. The van der Waals surface area contributed by atoms with Crippen LogP contribution in [0.5, 0.6) is 0 Å². The van der Waals surface area contributed by atoms with E-state index in [4.69, 9.17) is 9.15 Å². The Hall–Kier alpha value is -1.96. The molecule has 1 aromatic rings. The minimum absolute atomic E-state index is 0.0808. The fourth-order valence-electron chi connectivity index (χ4n) is 2.12. The van der Waals surface area contributed by atoms with Crippen LogP contribution in [0.3, 0.4) is 0 Å². The number of morpholine rings is 1. The average molecular weight is 281 g/mol. The van der Waals surface area contributed by atoms with E-state index in [2.05, 4.69) is 14.9 Å². The Bertz CT molecular complexity index is 525. The third-order valence-electron chi connectivity index (χ3n) is 3.41. The number of hydrogen-bond donors (Lipinski definition) is 0. The number of nitrogens with zero attached hydrogens (tertiary/aromatic N) is 3. The molecule has 1 aliphatic heterocycles. The van der Waals surface area contributed by atoms with Crippen LogP contribution in [0.1, 0.15) is 35.3 Å². The van der Waals surface area contributed by atoms with Crippen LogP contribution in [-0.4, -0.2) is 59.9 Å². The van der Waals surface area contributed by atoms with Gasteiger partial charge in [-0.15, -0.1) is 10.2 Å². The van der Waals surface area contributed by atoms with Crippen LogP contribution in [0.25, 0.3) is 0 Å². The number of carbonyl (C=O) groups excluding carboxylic acids is 2. The molecule has 1 aromatic heterocycles. The zero-order valence-corrected chi connectivity index (χ0v) is 11.1. The molecule has 0 spiro atoms. The Labute approximate surface area is 115 Å². The lowest BCUT2D eigenvalue weighted by atomic mass is 10.2. The van der Waals surface area contributed by atoms with E-state index in [0.29, 0.717) is 19.0 Å². The predicted molar refractivity (Wildman–Crippen MR) is 63.9 cm³/mol. The number of rotatable bonds is 3. The molecule has 108 valence electrons. The molecule has 0 aromatic carbocycles.